The average Bonchev–Trinajstić information content (AvgIpc) is 2.52. The van der Waals surface area contributed by atoms with E-state index in [0.717, 1.165) is 19.3 Å². The molecule has 1 nitrogen and oxygen atoms in total. The van der Waals surface area contributed by atoms with E-state index in [1.165, 1.54) is 64.2 Å². The van der Waals surface area contributed by atoms with Crippen molar-refractivity contribution in [2.24, 2.45) is 0 Å². The normalized spacial score (nSPS) is 11.7. The molecule has 0 heterocycles. The molecular formula is C21H38O. The van der Waals surface area contributed by atoms with Gasteiger partial charge in [-0.2, -0.15) is 0 Å². The number of allylic oxidation sites excluding steroid dienone is 4. The van der Waals surface area contributed by atoms with Gasteiger partial charge in [0.05, 0.1) is 0 Å². The molecule has 22 heavy (non-hydrogen) atoms. The number of carbonyl (C=O) groups excluding carboxylic acids is 1. The molecule has 0 amide bonds. The Morgan fingerprint density at radius 2 is 1.23 bits per heavy atom. The Bertz CT molecular complexity index is 288. The third-order valence-corrected chi connectivity index (χ3v) is 4.01. The maximum atomic E-state index is 11.7. The molecule has 0 fully saturated rings. The highest BCUT2D eigenvalue weighted by molar-refractivity contribution is 5.79. The third-order valence-electron chi connectivity index (χ3n) is 4.01. The second kappa shape index (κ2) is 18.2. The van der Waals surface area contributed by atoms with Crippen LogP contribution in [-0.4, -0.2) is 5.78 Å². The molecule has 0 N–H and O–H groups in total. The van der Waals surface area contributed by atoms with Crippen molar-refractivity contribution in [3.8, 4) is 0 Å². The molecule has 1 heteroatoms. The van der Waals surface area contributed by atoms with Gasteiger partial charge in [0.1, 0.15) is 5.78 Å². The molecule has 0 atom stereocenters. The van der Waals surface area contributed by atoms with Crippen LogP contribution in [0.2, 0.25) is 0 Å². The number of carbonyl (C=O) groups is 1. The van der Waals surface area contributed by atoms with E-state index >= 15 is 0 Å². The summed E-state index contributed by atoms with van der Waals surface area (Å²) in [4.78, 5) is 11.7. The van der Waals surface area contributed by atoms with E-state index in [1.807, 2.05) is 12.2 Å². The fraction of sp³-hybridized carbons (Fsp3) is 0.762. The lowest BCUT2D eigenvalue weighted by atomic mass is 10.1. The minimum atomic E-state index is 0.390. The van der Waals surface area contributed by atoms with Crippen LogP contribution in [0.15, 0.2) is 24.3 Å². The van der Waals surface area contributed by atoms with Crippen molar-refractivity contribution >= 4 is 5.78 Å². The SMILES string of the molecule is CCCCC/C=C\C=C/CC(=O)CCCCCCCCCC. The maximum absolute atomic E-state index is 11.7. The zero-order chi connectivity index (χ0) is 16.3. The van der Waals surface area contributed by atoms with E-state index in [-0.39, 0.29) is 0 Å². The lowest BCUT2D eigenvalue weighted by molar-refractivity contribution is -0.118. The van der Waals surface area contributed by atoms with Gasteiger partial charge >= 0.3 is 0 Å². The van der Waals surface area contributed by atoms with E-state index in [9.17, 15) is 4.79 Å². The largest absolute Gasteiger partial charge is 0.299 e. The van der Waals surface area contributed by atoms with Gasteiger partial charge in [0, 0.05) is 12.8 Å². The Hall–Kier alpha value is -0.850. The third kappa shape index (κ3) is 17.2. The van der Waals surface area contributed by atoms with Gasteiger partial charge in [-0.15, -0.1) is 0 Å². The first kappa shape index (κ1) is 21.1. The monoisotopic (exact) mass is 306 g/mol. The summed E-state index contributed by atoms with van der Waals surface area (Å²) in [5, 5.41) is 0. The first-order valence-corrected chi connectivity index (χ1v) is 9.64. The minimum absolute atomic E-state index is 0.390. The zero-order valence-electron chi connectivity index (χ0n) is 15.1. The van der Waals surface area contributed by atoms with Crippen LogP contribution in [0.4, 0.5) is 0 Å². The van der Waals surface area contributed by atoms with E-state index < -0.39 is 0 Å². The van der Waals surface area contributed by atoms with Crippen molar-refractivity contribution in [3.63, 3.8) is 0 Å². The molecule has 0 saturated heterocycles. The van der Waals surface area contributed by atoms with Crippen LogP contribution < -0.4 is 0 Å². The summed E-state index contributed by atoms with van der Waals surface area (Å²) >= 11 is 0. The number of unbranched alkanes of at least 4 members (excludes halogenated alkanes) is 10. The second-order valence-corrected chi connectivity index (χ2v) is 6.32. The summed E-state index contributed by atoms with van der Waals surface area (Å²) < 4.78 is 0. The summed E-state index contributed by atoms with van der Waals surface area (Å²) in [6, 6.07) is 0. The van der Waals surface area contributed by atoms with Crippen molar-refractivity contribution in [1.29, 1.82) is 0 Å². The molecule has 0 rings (SSSR count). The van der Waals surface area contributed by atoms with Gasteiger partial charge in [0.15, 0.2) is 0 Å². The first-order valence-electron chi connectivity index (χ1n) is 9.64. The fourth-order valence-corrected chi connectivity index (χ4v) is 2.52. The standard InChI is InChI=1S/C21H38O/c1-3-5-7-9-11-13-15-17-19-21(22)20-18-16-14-12-10-8-6-4-2/h11,13,15,17H,3-10,12,14,16,18-20H2,1-2H3/b13-11-,17-15-. The molecule has 0 aliphatic carbocycles. The minimum Gasteiger partial charge on any atom is -0.299 e. The van der Waals surface area contributed by atoms with Crippen LogP contribution in [-0.2, 0) is 4.79 Å². The first-order chi connectivity index (χ1) is 10.8. The Morgan fingerprint density at radius 1 is 0.682 bits per heavy atom. The summed E-state index contributed by atoms with van der Waals surface area (Å²) in [7, 11) is 0. The quantitative estimate of drug-likeness (QED) is 0.218. The van der Waals surface area contributed by atoms with Gasteiger partial charge < -0.3 is 0 Å². The Balaban J connectivity index is 3.35. The average molecular weight is 307 g/mol. The van der Waals surface area contributed by atoms with E-state index in [4.69, 9.17) is 0 Å². The van der Waals surface area contributed by atoms with Gasteiger partial charge in [0.25, 0.3) is 0 Å². The number of hydrogen-bond acceptors (Lipinski definition) is 1. The van der Waals surface area contributed by atoms with Crippen molar-refractivity contribution in [1.82, 2.24) is 0 Å². The molecule has 0 unspecified atom stereocenters. The maximum Gasteiger partial charge on any atom is 0.136 e. The Morgan fingerprint density at radius 3 is 1.91 bits per heavy atom. The predicted molar refractivity (Wildman–Crippen MR) is 99.3 cm³/mol. The summed E-state index contributed by atoms with van der Waals surface area (Å²) in [6.45, 7) is 4.48. The molecule has 0 aromatic carbocycles. The molecule has 0 aliphatic rings. The van der Waals surface area contributed by atoms with Gasteiger partial charge in [-0.1, -0.05) is 95.9 Å². The van der Waals surface area contributed by atoms with Crippen LogP contribution in [0.3, 0.4) is 0 Å². The molecule has 0 aromatic heterocycles. The van der Waals surface area contributed by atoms with Crippen LogP contribution in [0, 0.1) is 0 Å². The Labute approximate surface area is 139 Å². The Kier molecular flexibility index (Phi) is 17.5. The van der Waals surface area contributed by atoms with Gasteiger partial charge in [-0.3, -0.25) is 4.79 Å². The smallest absolute Gasteiger partial charge is 0.136 e. The van der Waals surface area contributed by atoms with Crippen LogP contribution in [0.1, 0.15) is 104 Å². The van der Waals surface area contributed by atoms with Crippen molar-refractivity contribution < 1.29 is 4.79 Å². The highest BCUT2D eigenvalue weighted by atomic mass is 16.1. The van der Waals surface area contributed by atoms with Crippen LogP contribution in [0.5, 0.6) is 0 Å². The second-order valence-electron chi connectivity index (χ2n) is 6.32. The highest BCUT2D eigenvalue weighted by Gasteiger charge is 1.98. The lowest BCUT2D eigenvalue weighted by Gasteiger charge is -2.00. The molecule has 0 saturated carbocycles. The molecule has 128 valence electrons. The summed E-state index contributed by atoms with van der Waals surface area (Å²) in [5.74, 6) is 0.390. The number of ketones is 1. The molecule has 0 bridgehead atoms. The van der Waals surface area contributed by atoms with Crippen molar-refractivity contribution in [2.45, 2.75) is 104 Å². The number of hydrogen-bond donors (Lipinski definition) is 0. The van der Waals surface area contributed by atoms with Crippen molar-refractivity contribution in [2.75, 3.05) is 0 Å². The van der Waals surface area contributed by atoms with E-state index in [1.54, 1.807) is 0 Å². The van der Waals surface area contributed by atoms with Crippen LogP contribution >= 0.6 is 0 Å². The van der Waals surface area contributed by atoms with Gasteiger partial charge in [-0.25, -0.2) is 0 Å². The predicted octanol–water partition coefficient (Wildman–Crippen LogP) is 7.17. The summed E-state index contributed by atoms with van der Waals surface area (Å²) in [5.41, 5.74) is 0. The molecule has 0 aliphatic heterocycles. The van der Waals surface area contributed by atoms with E-state index in [2.05, 4.69) is 26.0 Å². The molecule has 0 radical (unpaired) electrons. The molecule has 0 aromatic rings. The summed E-state index contributed by atoms with van der Waals surface area (Å²) in [6.07, 6.45) is 25.1. The van der Waals surface area contributed by atoms with Crippen LogP contribution in [0.25, 0.3) is 0 Å². The topological polar surface area (TPSA) is 17.1 Å². The zero-order valence-corrected chi connectivity index (χ0v) is 15.1. The highest BCUT2D eigenvalue weighted by Crippen LogP contribution is 2.10. The number of Topliss-reactive ketones (excluding diaryl/α,β-unsaturated/α-hetero) is 1. The lowest BCUT2D eigenvalue weighted by Crippen LogP contribution is -1.95. The fourth-order valence-electron chi connectivity index (χ4n) is 2.52. The van der Waals surface area contributed by atoms with E-state index in [0.29, 0.717) is 12.2 Å². The van der Waals surface area contributed by atoms with Gasteiger partial charge in [-0.05, 0) is 19.3 Å². The molecular weight excluding hydrogens is 268 g/mol. The molecule has 0 spiro atoms. The van der Waals surface area contributed by atoms with Crippen molar-refractivity contribution in [3.05, 3.63) is 24.3 Å². The number of rotatable bonds is 16. The van der Waals surface area contributed by atoms with Gasteiger partial charge in [0.2, 0.25) is 0 Å².